The van der Waals surface area contributed by atoms with Crippen LogP contribution in [0.5, 0.6) is 5.75 Å². The largest absolute Gasteiger partial charge is 0.497 e. The average molecular weight is 325 g/mol. The van der Waals surface area contributed by atoms with Gasteiger partial charge in [0.05, 0.1) is 7.11 Å². The van der Waals surface area contributed by atoms with E-state index < -0.39 is 0 Å². The van der Waals surface area contributed by atoms with Crippen LogP contribution in [0, 0.1) is 5.92 Å². The van der Waals surface area contributed by atoms with Crippen molar-refractivity contribution in [1.82, 2.24) is 15.1 Å². The third-order valence-electron chi connectivity index (χ3n) is 5.32. The number of carbonyl (C=O) groups is 1. The summed E-state index contributed by atoms with van der Waals surface area (Å²) in [5.74, 6) is 2.05. The van der Waals surface area contributed by atoms with Gasteiger partial charge in [0.15, 0.2) is 0 Å². The third-order valence-corrected chi connectivity index (χ3v) is 5.32. The van der Waals surface area contributed by atoms with Crippen molar-refractivity contribution >= 4 is 5.91 Å². The minimum absolute atomic E-state index is 0.137. The van der Waals surface area contributed by atoms with Crippen molar-refractivity contribution in [2.45, 2.75) is 31.1 Å². The predicted molar refractivity (Wildman–Crippen MR) is 91.0 cm³/mol. The molecule has 1 N–H and O–H groups in total. The van der Waals surface area contributed by atoms with Crippen LogP contribution in [0.2, 0.25) is 0 Å². The van der Waals surface area contributed by atoms with Gasteiger partial charge < -0.3 is 9.64 Å². The average Bonchev–Trinajstić information content (AvgIpc) is 3.25. The normalized spacial score (nSPS) is 26.2. The van der Waals surface area contributed by atoms with E-state index in [2.05, 4.69) is 27.2 Å². The first-order valence-electron chi connectivity index (χ1n) is 8.68. The number of methoxy groups -OCH3 is 1. The van der Waals surface area contributed by atoms with Gasteiger partial charge in [0.2, 0.25) is 5.91 Å². The number of hydrogen-bond acceptors (Lipinski definition) is 3. The lowest BCUT2D eigenvalue weighted by Gasteiger charge is -2.32. The first kappa shape index (κ1) is 15.2. The van der Waals surface area contributed by atoms with Crippen molar-refractivity contribution in [2.24, 2.45) is 5.92 Å². The summed E-state index contributed by atoms with van der Waals surface area (Å²) in [6, 6.07) is 10.1. The molecule has 0 unspecified atom stereocenters. The number of nitrogens with one attached hydrogen (secondary N) is 1. The highest BCUT2D eigenvalue weighted by atomic mass is 16.5. The monoisotopic (exact) mass is 325 g/mol. The quantitative estimate of drug-likeness (QED) is 0.940. The fourth-order valence-electron chi connectivity index (χ4n) is 3.87. The smallest absolute Gasteiger partial charge is 0.226 e. The number of benzene rings is 1. The zero-order valence-corrected chi connectivity index (χ0v) is 13.9. The van der Waals surface area contributed by atoms with Gasteiger partial charge in [0, 0.05) is 36.8 Å². The maximum Gasteiger partial charge on any atom is 0.226 e. The molecule has 1 aliphatic carbocycles. The van der Waals surface area contributed by atoms with E-state index in [4.69, 9.17) is 4.74 Å². The van der Waals surface area contributed by atoms with Crippen LogP contribution in [0.3, 0.4) is 0 Å². The Balaban J connectivity index is 1.41. The summed E-state index contributed by atoms with van der Waals surface area (Å²) in [4.78, 5) is 14.9. The van der Waals surface area contributed by atoms with Gasteiger partial charge in [-0.2, -0.15) is 5.10 Å². The Morgan fingerprint density at radius 1 is 1.38 bits per heavy atom. The lowest BCUT2D eigenvalue weighted by molar-refractivity contribution is -0.133. The molecule has 3 atom stereocenters. The molecule has 1 amide bonds. The molecule has 4 rings (SSSR count). The van der Waals surface area contributed by atoms with Gasteiger partial charge in [-0.15, -0.1) is 0 Å². The van der Waals surface area contributed by atoms with E-state index in [0.29, 0.717) is 17.7 Å². The van der Waals surface area contributed by atoms with Crippen LogP contribution in [-0.4, -0.2) is 41.2 Å². The number of nitrogens with zero attached hydrogens (tertiary/aromatic N) is 2. The standard InChI is InChI=1S/C19H23N3O2/c1-24-15-6-2-4-13(10-15)16-11-17(16)19(23)22-9-3-5-14(12-22)18-7-8-20-21-18/h2,4,6-8,10,14,16-17H,3,5,9,11-12H2,1H3,(H,20,21)/t14-,16+,17-/m1/s1. The number of amides is 1. The summed E-state index contributed by atoms with van der Waals surface area (Å²) in [6.45, 7) is 1.69. The molecule has 1 aliphatic heterocycles. The second-order valence-electron chi connectivity index (χ2n) is 6.86. The molecule has 2 fully saturated rings. The molecule has 0 radical (unpaired) electrons. The number of ether oxygens (including phenoxy) is 1. The van der Waals surface area contributed by atoms with Crippen LogP contribution in [-0.2, 0) is 4.79 Å². The lowest BCUT2D eigenvalue weighted by atomic mass is 9.94. The van der Waals surface area contributed by atoms with E-state index in [-0.39, 0.29) is 5.92 Å². The first-order chi connectivity index (χ1) is 11.8. The second kappa shape index (κ2) is 6.30. The van der Waals surface area contributed by atoms with Crippen LogP contribution in [0.15, 0.2) is 36.5 Å². The maximum atomic E-state index is 12.9. The molecule has 1 aromatic heterocycles. The van der Waals surface area contributed by atoms with Crippen molar-refractivity contribution in [1.29, 1.82) is 0 Å². The molecule has 24 heavy (non-hydrogen) atoms. The van der Waals surface area contributed by atoms with Crippen LogP contribution >= 0.6 is 0 Å². The zero-order chi connectivity index (χ0) is 16.5. The summed E-state index contributed by atoms with van der Waals surface area (Å²) in [5.41, 5.74) is 2.36. The molecule has 1 saturated heterocycles. The summed E-state index contributed by atoms with van der Waals surface area (Å²) in [6.07, 6.45) is 4.93. The number of aromatic nitrogens is 2. The van der Waals surface area contributed by atoms with Crippen LogP contribution in [0.25, 0.3) is 0 Å². The lowest BCUT2D eigenvalue weighted by Crippen LogP contribution is -2.40. The fraction of sp³-hybridized carbons (Fsp3) is 0.474. The topological polar surface area (TPSA) is 58.2 Å². The van der Waals surface area contributed by atoms with Gasteiger partial charge in [0.25, 0.3) is 0 Å². The second-order valence-corrected chi connectivity index (χ2v) is 6.86. The molecule has 2 aromatic rings. The van der Waals surface area contributed by atoms with Crippen molar-refractivity contribution in [3.8, 4) is 5.75 Å². The van der Waals surface area contributed by atoms with Crippen molar-refractivity contribution in [3.63, 3.8) is 0 Å². The summed E-state index contributed by atoms with van der Waals surface area (Å²) >= 11 is 0. The minimum Gasteiger partial charge on any atom is -0.497 e. The van der Waals surface area contributed by atoms with Crippen molar-refractivity contribution < 1.29 is 9.53 Å². The van der Waals surface area contributed by atoms with E-state index in [1.54, 1.807) is 13.3 Å². The molecule has 0 spiro atoms. The van der Waals surface area contributed by atoms with Gasteiger partial charge >= 0.3 is 0 Å². The van der Waals surface area contributed by atoms with E-state index in [0.717, 1.165) is 43.8 Å². The highest BCUT2D eigenvalue weighted by Crippen LogP contribution is 2.49. The summed E-state index contributed by atoms with van der Waals surface area (Å²) in [7, 11) is 1.68. The van der Waals surface area contributed by atoms with Crippen molar-refractivity contribution in [3.05, 3.63) is 47.8 Å². The van der Waals surface area contributed by atoms with Crippen LogP contribution < -0.4 is 4.74 Å². The highest BCUT2D eigenvalue weighted by Gasteiger charge is 2.46. The Morgan fingerprint density at radius 2 is 2.29 bits per heavy atom. The molecule has 5 heteroatoms. The van der Waals surface area contributed by atoms with Crippen molar-refractivity contribution in [2.75, 3.05) is 20.2 Å². The minimum atomic E-state index is 0.137. The maximum absolute atomic E-state index is 12.9. The van der Waals surface area contributed by atoms with E-state index >= 15 is 0 Å². The van der Waals surface area contributed by atoms with Gasteiger partial charge in [0.1, 0.15) is 5.75 Å². The Morgan fingerprint density at radius 3 is 3.08 bits per heavy atom. The van der Waals surface area contributed by atoms with Crippen LogP contribution in [0.1, 0.15) is 42.4 Å². The number of aromatic amines is 1. The summed E-state index contributed by atoms with van der Waals surface area (Å²) < 4.78 is 5.30. The molecule has 1 aromatic carbocycles. The predicted octanol–water partition coefficient (Wildman–Crippen LogP) is 2.93. The molecule has 2 heterocycles. The summed E-state index contributed by atoms with van der Waals surface area (Å²) in [5, 5.41) is 7.10. The molecular formula is C19H23N3O2. The van der Waals surface area contributed by atoms with E-state index in [1.165, 1.54) is 5.56 Å². The number of H-pyrrole nitrogens is 1. The Kier molecular flexibility index (Phi) is 4.00. The van der Waals surface area contributed by atoms with Crippen LogP contribution in [0.4, 0.5) is 0 Å². The highest BCUT2D eigenvalue weighted by molar-refractivity contribution is 5.83. The molecular weight excluding hydrogens is 302 g/mol. The molecule has 0 bridgehead atoms. The van der Waals surface area contributed by atoms with Gasteiger partial charge in [-0.3, -0.25) is 9.89 Å². The molecule has 2 aliphatic rings. The molecule has 1 saturated carbocycles. The zero-order valence-electron chi connectivity index (χ0n) is 13.9. The molecule has 5 nitrogen and oxygen atoms in total. The molecule has 126 valence electrons. The van der Waals surface area contributed by atoms with Gasteiger partial charge in [-0.25, -0.2) is 0 Å². The third kappa shape index (κ3) is 2.90. The fourth-order valence-corrected chi connectivity index (χ4v) is 3.87. The van der Waals surface area contributed by atoms with Gasteiger partial charge in [-0.05, 0) is 48.9 Å². The first-order valence-corrected chi connectivity index (χ1v) is 8.68. The number of carbonyl (C=O) groups excluding carboxylic acids is 1. The van der Waals surface area contributed by atoms with E-state index in [9.17, 15) is 4.79 Å². The number of likely N-dealkylation sites (tertiary alicyclic amines) is 1. The Bertz CT molecular complexity index is 713. The van der Waals surface area contributed by atoms with Gasteiger partial charge in [-0.1, -0.05) is 12.1 Å². The van der Waals surface area contributed by atoms with E-state index in [1.807, 2.05) is 18.2 Å². The number of hydrogen-bond donors (Lipinski definition) is 1. The Hall–Kier alpha value is -2.30. The Labute approximate surface area is 142 Å². The number of rotatable bonds is 4. The number of piperidine rings is 1. The SMILES string of the molecule is COc1cccc([C@@H]2C[C@H]2C(=O)N2CCC[C@@H](c3ccn[nH]3)C2)c1.